The van der Waals surface area contributed by atoms with Crippen LogP contribution in [-0.2, 0) is 11.3 Å². The molecule has 2 aromatic heterocycles. The lowest BCUT2D eigenvalue weighted by atomic mass is 10.4. The minimum Gasteiger partial charge on any atom is -0.383 e. The van der Waals surface area contributed by atoms with E-state index in [1.165, 1.54) is 0 Å². The molecule has 0 fully saturated rings. The van der Waals surface area contributed by atoms with E-state index < -0.39 is 0 Å². The molecule has 1 unspecified atom stereocenters. The van der Waals surface area contributed by atoms with Crippen LogP contribution in [0.3, 0.4) is 0 Å². The van der Waals surface area contributed by atoms with Crippen LogP contribution in [0.5, 0.6) is 0 Å². The number of halogens is 1. The van der Waals surface area contributed by atoms with Crippen molar-refractivity contribution in [3.63, 3.8) is 0 Å². The summed E-state index contributed by atoms with van der Waals surface area (Å²) < 4.78 is 6.98. The van der Waals surface area contributed by atoms with Gasteiger partial charge in [-0.25, -0.2) is 9.98 Å². The van der Waals surface area contributed by atoms with Crippen LogP contribution in [0.1, 0.15) is 12.6 Å². The highest BCUT2D eigenvalue weighted by Crippen LogP contribution is 2.05. The number of rotatable bonds is 5. The van der Waals surface area contributed by atoms with E-state index >= 15 is 0 Å². The Morgan fingerprint density at radius 2 is 2.35 bits per heavy atom. The molecule has 110 valence electrons. The molecule has 3 N–H and O–H groups in total. The van der Waals surface area contributed by atoms with E-state index in [1.54, 1.807) is 7.11 Å². The van der Waals surface area contributed by atoms with Crippen LogP contribution in [0.15, 0.2) is 35.6 Å². The Morgan fingerprint density at radius 3 is 3.05 bits per heavy atom. The average molecular weight is 389 g/mol. The van der Waals surface area contributed by atoms with Crippen molar-refractivity contribution in [3.05, 3.63) is 36.3 Å². The molecule has 2 aromatic rings. The van der Waals surface area contributed by atoms with Crippen LogP contribution in [0, 0.1) is 0 Å². The molecule has 0 amide bonds. The summed E-state index contributed by atoms with van der Waals surface area (Å²) >= 11 is 0. The first-order chi connectivity index (χ1) is 9.19. The normalized spacial score (nSPS) is 13.0. The molecule has 0 radical (unpaired) electrons. The highest BCUT2D eigenvalue weighted by Gasteiger charge is 2.03. The Hall–Kier alpha value is -1.35. The Kier molecular flexibility index (Phi) is 6.73. The maximum Gasteiger partial charge on any atom is 0.189 e. The van der Waals surface area contributed by atoms with Crippen LogP contribution in [0.2, 0.25) is 0 Å². The van der Waals surface area contributed by atoms with Crippen molar-refractivity contribution >= 4 is 35.6 Å². The minimum atomic E-state index is 0. The van der Waals surface area contributed by atoms with Gasteiger partial charge in [-0.2, -0.15) is 0 Å². The van der Waals surface area contributed by atoms with Gasteiger partial charge < -0.3 is 20.2 Å². The first-order valence-corrected chi connectivity index (χ1v) is 6.17. The number of nitrogens with one attached hydrogen (secondary N) is 1. The van der Waals surface area contributed by atoms with Gasteiger partial charge in [0.05, 0.1) is 18.8 Å². The highest BCUT2D eigenvalue weighted by atomic mass is 127. The van der Waals surface area contributed by atoms with E-state index in [4.69, 9.17) is 10.5 Å². The maximum atomic E-state index is 5.80. The third-order valence-electron chi connectivity index (χ3n) is 2.64. The van der Waals surface area contributed by atoms with E-state index in [1.807, 2.05) is 41.9 Å². The summed E-state index contributed by atoms with van der Waals surface area (Å²) in [5.74, 6) is 0.404. The Bertz CT molecular complexity index is 536. The predicted molar refractivity (Wildman–Crippen MR) is 90.4 cm³/mol. The van der Waals surface area contributed by atoms with Crippen molar-refractivity contribution in [2.45, 2.75) is 19.5 Å². The number of guanidine groups is 1. The van der Waals surface area contributed by atoms with Gasteiger partial charge in [0.2, 0.25) is 0 Å². The summed E-state index contributed by atoms with van der Waals surface area (Å²) in [6.45, 7) is 3.03. The van der Waals surface area contributed by atoms with Gasteiger partial charge in [-0.05, 0) is 19.1 Å². The summed E-state index contributed by atoms with van der Waals surface area (Å²) in [6.07, 6.45) is 3.91. The van der Waals surface area contributed by atoms with Gasteiger partial charge >= 0.3 is 0 Å². The molecular formula is C13H20IN5O. The third kappa shape index (κ3) is 4.64. The molecule has 0 saturated heterocycles. The smallest absolute Gasteiger partial charge is 0.189 e. The largest absolute Gasteiger partial charge is 0.383 e. The summed E-state index contributed by atoms with van der Waals surface area (Å²) in [4.78, 5) is 8.71. The molecule has 2 heterocycles. The van der Waals surface area contributed by atoms with Gasteiger partial charge in [0.25, 0.3) is 0 Å². The zero-order valence-corrected chi connectivity index (χ0v) is 13.9. The van der Waals surface area contributed by atoms with Crippen molar-refractivity contribution < 1.29 is 4.74 Å². The average Bonchev–Trinajstić information content (AvgIpc) is 2.79. The van der Waals surface area contributed by atoms with Gasteiger partial charge in [0.15, 0.2) is 5.96 Å². The summed E-state index contributed by atoms with van der Waals surface area (Å²) in [6, 6.07) is 6.01. The molecule has 0 aliphatic heterocycles. The van der Waals surface area contributed by atoms with Crippen molar-refractivity contribution in [1.82, 2.24) is 14.7 Å². The molecule has 7 heteroatoms. The minimum absolute atomic E-state index is 0. The zero-order chi connectivity index (χ0) is 13.7. The van der Waals surface area contributed by atoms with Gasteiger partial charge in [-0.15, -0.1) is 24.0 Å². The Morgan fingerprint density at radius 1 is 1.55 bits per heavy atom. The van der Waals surface area contributed by atoms with Crippen LogP contribution in [0.25, 0.3) is 5.65 Å². The lowest BCUT2D eigenvalue weighted by Gasteiger charge is -2.12. The number of pyridine rings is 1. The number of nitrogens with two attached hydrogens (primary N) is 1. The number of nitrogens with zero attached hydrogens (tertiary/aromatic N) is 3. The summed E-state index contributed by atoms with van der Waals surface area (Å²) in [7, 11) is 1.65. The summed E-state index contributed by atoms with van der Waals surface area (Å²) in [5.41, 5.74) is 7.59. The fraction of sp³-hybridized carbons (Fsp3) is 0.385. The highest BCUT2D eigenvalue weighted by molar-refractivity contribution is 14.0. The first kappa shape index (κ1) is 16.7. The van der Waals surface area contributed by atoms with E-state index in [9.17, 15) is 0 Å². The number of aliphatic imine (C=N–C) groups is 1. The number of fused-ring (bicyclic) bond motifs is 1. The van der Waals surface area contributed by atoms with Gasteiger partial charge in [-0.3, -0.25) is 0 Å². The van der Waals surface area contributed by atoms with Gasteiger partial charge in [-0.1, -0.05) is 6.07 Å². The fourth-order valence-electron chi connectivity index (χ4n) is 1.82. The third-order valence-corrected chi connectivity index (χ3v) is 2.64. The van der Waals surface area contributed by atoms with Crippen LogP contribution in [0.4, 0.5) is 0 Å². The fourth-order valence-corrected chi connectivity index (χ4v) is 1.82. The monoisotopic (exact) mass is 389 g/mol. The molecule has 1 atom stereocenters. The molecule has 2 rings (SSSR count). The van der Waals surface area contributed by atoms with Gasteiger partial charge in [0, 0.05) is 25.5 Å². The quantitative estimate of drug-likeness (QED) is 0.461. The second kappa shape index (κ2) is 8.05. The lowest BCUT2D eigenvalue weighted by Crippen LogP contribution is -2.40. The van der Waals surface area contributed by atoms with Crippen LogP contribution < -0.4 is 11.1 Å². The van der Waals surface area contributed by atoms with Crippen LogP contribution >= 0.6 is 24.0 Å². The molecule has 0 aliphatic carbocycles. The van der Waals surface area contributed by atoms with Crippen LogP contribution in [-0.4, -0.2) is 35.1 Å². The molecular weight excluding hydrogens is 369 g/mol. The van der Waals surface area contributed by atoms with Crippen molar-refractivity contribution in [2.24, 2.45) is 10.7 Å². The first-order valence-electron chi connectivity index (χ1n) is 6.17. The van der Waals surface area contributed by atoms with E-state index in [0.29, 0.717) is 19.1 Å². The molecule has 20 heavy (non-hydrogen) atoms. The SMILES string of the molecule is COCC(C)NC(N)=NCc1cn2ccccc2n1.I. The number of aromatic nitrogens is 2. The molecule has 0 saturated carbocycles. The van der Waals surface area contributed by atoms with Gasteiger partial charge in [0.1, 0.15) is 5.65 Å². The molecule has 6 nitrogen and oxygen atoms in total. The number of methoxy groups -OCH3 is 1. The molecule has 0 bridgehead atoms. The summed E-state index contributed by atoms with van der Waals surface area (Å²) in [5, 5.41) is 3.05. The Labute approximate surface area is 135 Å². The molecule has 0 aromatic carbocycles. The number of hydrogen-bond acceptors (Lipinski definition) is 3. The predicted octanol–water partition coefficient (Wildman–Crippen LogP) is 1.39. The second-order valence-corrected chi connectivity index (χ2v) is 4.40. The topological polar surface area (TPSA) is 76.9 Å². The van der Waals surface area contributed by atoms with E-state index in [-0.39, 0.29) is 30.0 Å². The van der Waals surface area contributed by atoms with Crippen molar-refractivity contribution in [2.75, 3.05) is 13.7 Å². The van der Waals surface area contributed by atoms with E-state index in [2.05, 4.69) is 15.3 Å². The molecule has 0 aliphatic rings. The number of hydrogen-bond donors (Lipinski definition) is 2. The Balaban J connectivity index is 0.00000200. The van der Waals surface area contributed by atoms with Crippen molar-refractivity contribution in [1.29, 1.82) is 0 Å². The lowest BCUT2D eigenvalue weighted by molar-refractivity contribution is 0.179. The molecule has 0 spiro atoms. The van der Waals surface area contributed by atoms with Crippen molar-refractivity contribution in [3.8, 4) is 0 Å². The maximum absolute atomic E-state index is 5.80. The standard InChI is InChI=1S/C13H19N5O.HI/c1-10(9-19-2)16-13(14)15-7-11-8-18-6-4-3-5-12(18)17-11;/h3-6,8,10H,7,9H2,1-2H3,(H3,14,15,16);1H. The number of imidazole rings is 1. The number of ether oxygens (including phenoxy) is 1. The second-order valence-electron chi connectivity index (χ2n) is 4.40. The zero-order valence-electron chi connectivity index (χ0n) is 11.6. The van der Waals surface area contributed by atoms with E-state index in [0.717, 1.165) is 11.3 Å².